The predicted molar refractivity (Wildman–Crippen MR) is 72.6 cm³/mol. The van der Waals surface area contributed by atoms with Gasteiger partial charge in [0.05, 0.1) is 12.1 Å². The van der Waals surface area contributed by atoms with E-state index < -0.39 is 0 Å². The molecule has 0 amide bonds. The largest absolute Gasteiger partial charge is 0.379 e. The minimum absolute atomic E-state index is 0.143. The average molecular weight is 253 g/mol. The molecule has 1 atom stereocenters. The van der Waals surface area contributed by atoms with Crippen LogP contribution in [0.2, 0.25) is 0 Å². The van der Waals surface area contributed by atoms with Gasteiger partial charge >= 0.3 is 0 Å². The van der Waals surface area contributed by atoms with Gasteiger partial charge in [-0.15, -0.1) is 0 Å². The quantitative estimate of drug-likeness (QED) is 0.793. The summed E-state index contributed by atoms with van der Waals surface area (Å²) in [5.74, 6) is 1.01. The Morgan fingerprint density at radius 1 is 1.17 bits per heavy atom. The van der Waals surface area contributed by atoms with Crippen molar-refractivity contribution in [2.45, 2.75) is 31.2 Å². The monoisotopic (exact) mass is 253 g/mol. The van der Waals surface area contributed by atoms with Crippen LogP contribution in [0.3, 0.4) is 0 Å². The summed E-state index contributed by atoms with van der Waals surface area (Å²) < 4.78 is 5.70. The highest BCUT2D eigenvalue weighted by molar-refractivity contribution is 4.96. The molecule has 0 aromatic heterocycles. The number of ether oxygens (including phenoxy) is 1. The fourth-order valence-electron chi connectivity index (χ4n) is 3.45. The van der Waals surface area contributed by atoms with Crippen LogP contribution in [0.5, 0.6) is 0 Å². The van der Waals surface area contributed by atoms with Gasteiger partial charge in [-0.3, -0.25) is 4.90 Å². The lowest BCUT2D eigenvalue weighted by atomic mass is 9.89. The number of rotatable bonds is 4. The van der Waals surface area contributed by atoms with E-state index in [1.54, 1.807) is 0 Å². The first kappa shape index (κ1) is 12.9. The van der Waals surface area contributed by atoms with Gasteiger partial charge in [0.1, 0.15) is 0 Å². The van der Waals surface area contributed by atoms with Gasteiger partial charge in [0.15, 0.2) is 0 Å². The Morgan fingerprint density at radius 3 is 2.50 bits per heavy atom. The molecular weight excluding hydrogens is 226 g/mol. The Hall–Kier alpha value is -0.160. The number of piperazine rings is 1. The Balaban J connectivity index is 1.53. The predicted octanol–water partition coefficient (Wildman–Crippen LogP) is 0.522. The topological polar surface area (TPSA) is 41.7 Å². The Morgan fingerprint density at radius 2 is 1.94 bits per heavy atom. The van der Waals surface area contributed by atoms with Crippen molar-refractivity contribution in [1.82, 2.24) is 9.80 Å². The smallest absolute Gasteiger partial charge is 0.0662 e. The first-order valence-corrected chi connectivity index (χ1v) is 7.58. The van der Waals surface area contributed by atoms with Crippen molar-refractivity contribution in [3.63, 3.8) is 0 Å². The molecule has 1 saturated carbocycles. The van der Waals surface area contributed by atoms with Crippen molar-refractivity contribution in [2.75, 3.05) is 52.5 Å². The van der Waals surface area contributed by atoms with Crippen LogP contribution in [-0.4, -0.2) is 67.8 Å². The Bertz CT molecular complexity index is 266. The second kappa shape index (κ2) is 5.45. The first-order chi connectivity index (χ1) is 8.82. The summed E-state index contributed by atoms with van der Waals surface area (Å²) in [6.45, 7) is 8.63. The van der Waals surface area contributed by atoms with E-state index in [2.05, 4.69) is 9.80 Å². The zero-order valence-electron chi connectivity index (χ0n) is 11.4. The second-order valence-corrected chi connectivity index (χ2v) is 6.32. The first-order valence-electron chi connectivity index (χ1n) is 7.58. The van der Waals surface area contributed by atoms with E-state index in [1.165, 1.54) is 58.4 Å². The van der Waals surface area contributed by atoms with E-state index in [-0.39, 0.29) is 5.54 Å². The zero-order valence-corrected chi connectivity index (χ0v) is 11.4. The summed E-state index contributed by atoms with van der Waals surface area (Å²) in [5, 5.41) is 0. The van der Waals surface area contributed by atoms with Crippen molar-refractivity contribution in [2.24, 2.45) is 11.7 Å². The minimum atomic E-state index is 0.143. The zero-order chi connectivity index (χ0) is 12.4. The summed E-state index contributed by atoms with van der Waals surface area (Å²) >= 11 is 0. The van der Waals surface area contributed by atoms with Gasteiger partial charge in [0.25, 0.3) is 0 Å². The molecule has 2 aliphatic heterocycles. The molecule has 1 unspecified atom stereocenters. The number of nitrogens with two attached hydrogens (primary N) is 1. The SMILES string of the molecule is NCC1(N2CCN(CC3CC3)CC2)CCCOC1. The van der Waals surface area contributed by atoms with Gasteiger partial charge in [0.2, 0.25) is 0 Å². The van der Waals surface area contributed by atoms with E-state index >= 15 is 0 Å². The van der Waals surface area contributed by atoms with Gasteiger partial charge in [-0.1, -0.05) is 0 Å². The van der Waals surface area contributed by atoms with Crippen LogP contribution in [0.25, 0.3) is 0 Å². The maximum absolute atomic E-state index is 6.06. The van der Waals surface area contributed by atoms with Crippen LogP contribution in [0.1, 0.15) is 25.7 Å². The summed E-state index contributed by atoms with van der Waals surface area (Å²) in [4.78, 5) is 5.25. The van der Waals surface area contributed by atoms with Crippen LogP contribution in [0.15, 0.2) is 0 Å². The van der Waals surface area contributed by atoms with Crippen molar-refractivity contribution < 1.29 is 4.74 Å². The van der Waals surface area contributed by atoms with Crippen LogP contribution in [0, 0.1) is 5.92 Å². The lowest BCUT2D eigenvalue weighted by Crippen LogP contribution is -2.63. The van der Waals surface area contributed by atoms with E-state index in [1.807, 2.05) is 0 Å². The van der Waals surface area contributed by atoms with E-state index in [0.29, 0.717) is 0 Å². The Kier molecular flexibility index (Phi) is 3.89. The minimum Gasteiger partial charge on any atom is -0.379 e. The fraction of sp³-hybridized carbons (Fsp3) is 1.00. The molecule has 2 N–H and O–H groups in total. The standard InChI is InChI=1S/C14H27N3O/c15-11-14(4-1-9-18-12-14)17-7-5-16(6-8-17)10-13-2-3-13/h13H,1-12,15H2. The third-order valence-corrected chi connectivity index (χ3v) is 4.94. The number of hydrogen-bond donors (Lipinski definition) is 1. The molecule has 2 saturated heterocycles. The van der Waals surface area contributed by atoms with Crippen molar-refractivity contribution in [3.8, 4) is 0 Å². The number of hydrogen-bond acceptors (Lipinski definition) is 4. The van der Waals surface area contributed by atoms with Crippen LogP contribution in [0.4, 0.5) is 0 Å². The molecule has 1 aliphatic carbocycles. The molecule has 2 heterocycles. The summed E-state index contributed by atoms with van der Waals surface area (Å²) in [7, 11) is 0. The molecular formula is C14H27N3O. The molecule has 0 radical (unpaired) electrons. The average Bonchev–Trinajstić information content (AvgIpc) is 3.24. The van der Waals surface area contributed by atoms with Crippen LogP contribution >= 0.6 is 0 Å². The van der Waals surface area contributed by atoms with Gasteiger partial charge < -0.3 is 15.4 Å². The molecule has 0 spiro atoms. The lowest BCUT2D eigenvalue weighted by Gasteiger charge is -2.49. The second-order valence-electron chi connectivity index (χ2n) is 6.32. The van der Waals surface area contributed by atoms with E-state index in [4.69, 9.17) is 10.5 Å². The molecule has 104 valence electrons. The van der Waals surface area contributed by atoms with Gasteiger partial charge in [-0.05, 0) is 31.6 Å². The van der Waals surface area contributed by atoms with Crippen LogP contribution in [-0.2, 0) is 4.74 Å². The fourth-order valence-corrected chi connectivity index (χ4v) is 3.45. The van der Waals surface area contributed by atoms with Crippen molar-refractivity contribution in [3.05, 3.63) is 0 Å². The molecule has 3 fully saturated rings. The molecule has 3 aliphatic rings. The summed E-state index contributed by atoms with van der Waals surface area (Å²) in [6, 6.07) is 0. The van der Waals surface area contributed by atoms with Crippen molar-refractivity contribution in [1.29, 1.82) is 0 Å². The molecule has 4 heteroatoms. The van der Waals surface area contributed by atoms with Gasteiger partial charge in [-0.2, -0.15) is 0 Å². The van der Waals surface area contributed by atoms with E-state index in [0.717, 1.165) is 25.7 Å². The highest BCUT2D eigenvalue weighted by atomic mass is 16.5. The van der Waals surface area contributed by atoms with E-state index in [9.17, 15) is 0 Å². The maximum atomic E-state index is 6.06. The molecule has 0 aromatic carbocycles. The van der Waals surface area contributed by atoms with Crippen molar-refractivity contribution >= 4 is 0 Å². The lowest BCUT2D eigenvalue weighted by molar-refractivity contribution is -0.0613. The molecule has 0 aromatic rings. The van der Waals surface area contributed by atoms with Gasteiger partial charge in [-0.25, -0.2) is 0 Å². The highest BCUT2D eigenvalue weighted by Gasteiger charge is 2.39. The molecule has 0 bridgehead atoms. The maximum Gasteiger partial charge on any atom is 0.0662 e. The number of nitrogens with zero attached hydrogens (tertiary/aromatic N) is 2. The Labute approximate surface area is 110 Å². The van der Waals surface area contributed by atoms with Crippen LogP contribution < -0.4 is 5.73 Å². The normalized spacial score (nSPS) is 35.8. The summed E-state index contributed by atoms with van der Waals surface area (Å²) in [5.41, 5.74) is 6.20. The summed E-state index contributed by atoms with van der Waals surface area (Å²) in [6.07, 6.45) is 5.30. The molecule has 4 nitrogen and oxygen atoms in total. The molecule has 3 rings (SSSR count). The third-order valence-electron chi connectivity index (χ3n) is 4.94. The third kappa shape index (κ3) is 2.72. The highest BCUT2D eigenvalue weighted by Crippen LogP contribution is 2.31. The van der Waals surface area contributed by atoms with Gasteiger partial charge in [0, 0.05) is 45.9 Å². The molecule has 18 heavy (non-hydrogen) atoms.